The number of fused-ring (bicyclic) bond motifs is 3. The van der Waals surface area contributed by atoms with Crippen LogP contribution >= 0.6 is 11.6 Å². The maximum Gasteiger partial charge on any atom is 0.325 e. The summed E-state index contributed by atoms with van der Waals surface area (Å²) in [6.07, 6.45) is 0. The van der Waals surface area contributed by atoms with Gasteiger partial charge in [0.25, 0.3) is 10.2 Å². The molecule has 2 N–H and O–H groups in total. The number of halogens is 1. The number of benzene rings is 2. The molecule has 162 valence electrons. The molecule has 0 bridgehead atoms. The Balaban J connectivity index is 1.43. The van der Waals surface area contributed by atoms with E-state index in [1.54, 1.807) is 19.1 Å². The highest BCUT2D eigenvalue weighted by Crippen LogP contribution is 2.58. The molecule has 10 heteroatoms. The number of hydrogen-bond donors (Lipinski definition) is 2. The first-order valence-corrected chi connectivity index (χ1v) is 11.8. The molecule has 31 heavy (non-hydrogen) atoms. The summed E-state index contributed by atoms with van der Waals surface area (Å²) in [4.78, 5) is 16.7. The Morgan fingerprint density at radius 3 is 2.68 bits per heavy atom. The highest BCUT2D eigenvalue weighted by atomic mass is 35.5. The lowest BCUT2D eigenvalue weighted by molar-refractivity contribution is -0.140. The average molecular weight is 461 g/mol. The number of hydrogen-bond acceptors (Lipinski definition) is 4. The molecule has 3 aromatic rings. The number of aromatic nitrogens is 2. The molecule has 1 fully saturated rings. The Morgan fingerprint density at radius 1 is 1.23 bits per heavy atom. The summed E-state index contributed by atoms with van der Waals surface area (Å²) in [5.41, 5.74) is 0.839. The quantitative estimate of drug-likeness (QED) is 0.609. The monoisotopic (exact) mass is 460 g/mol. The summed E-state index contributed by atoms with van der Waals surface area (Å²) in [6, 6.07) is 14.5. The number of carbonyl (C=O) groups is 1. The maximum absolute atomic E-state index is 13.2. The zero-order chi connectivity index (χ0) is 22.0. The molecule has 2 aliphatic rings. The second kappa shape index (κ2) is 7.03. The van der Waals surface area contributed by atoms with Crippen LogP contribution in [-0.2, 0) is 28.1 Å². The van der Waals surface area contributed by atoms with Gasteiger partial charge in [-0.05, 0) is 29.7 Å². The maximum atomic E-state index is 13.2. The van der Waals surface area contributed by atoms with E-state index in [9.17, 15) is 18.3 Å². The summed E-state index contributed by atoms with van der Waals surface area (Å²) < 4.78 is 32.2. The third kappa shape index (κ3) is 3.15. The second-order valence-corrected chi connectivity index (χ2v) is 10.2. The van der Waals surface area contributed by atoms with E-state index in [-0.39, 0.29) is 19.0 Å². The fourth-order valence-corrected chi connectivity index (χ4v) is 6.49. The second-order valence-electron chi connectivity index (χ2n) is 8.10. The highest BCUT2D eigenvalue weighted by Gasteiger charge is 2.70. The van der Waals surface area contributed by atoms with Gasteiger partial charge in [-0.15, -0.1) is 0 Å². The lowest BCUT2D eigenvalue weighted by Crippen LogP contribution is -2.53. The molecule has 3 atom stereocenters. The lowest BCUT2D eigenvalue weighted by atomic mass is 10.1. The molecule has 0 radical (unpaired) electrons. The van der Waals surface area contributed by atoms with Crippen molar-refractivity contribution in [3.8, 4) is 0 Å². The van der Waals surface area contributed by atoms with Crippen molar-refractivity contribution in [1.29, 1.82) is 0 Å². The first-order chi connectivity index (χ1) is 14.7. The van der Waals surface area contributed by atoms with Crippen LogP contribution in [0.3, 0.4) is 0 Å². The molecule has 0 spiro atoms. The van der Waals surface area contributed by atoms with Gasteiger partial charge < -0.3 is 9.67 Å². The number of carboxylic acids is 1. The Hall–Kier alpha value is -2.46. The fraction of sp³-hybridized carbons (Fsp3) is 0.333. The summed E-state index contributed by atoms with van der Waals surface area (Å²) in [5, 5.41) is 10.5. The van der Waals surface area contributed by atoms with Crippen LogP contribution < -0.4 is 4.72 Å². The zero-order valence-electron chi connectivity index (χ0n) is 16.7. The van der Waals surface area contributed by atoms with Gasteiger partial charge in [0.2, 0.25) is 0 Å². The third-order valence-corrected chi connectivity index (χ3v) is 8.25. The minimum atomic E-state index is -4.06. The zero-order valence-corrected chi connectivity index (χ0v) is 18.3. The Labute approximate surface area is 184 Å². The minimum absolute atomic E-state index is 0.0573. The Morgan fingerprint density at radius 2 is 1.97 bits per heavy atom. The first kappa shape index (κ1) is 20.4. The SMILES string of the molecule is CC1[C@@H](c2ccccc2)[C@]1(NS(=O)(=O)N1CCn2c(nc3cc(Cl)ccc32)C1)C(=O)O. The molecule has 8 nitrogen and oxygen atoms in total. The highest BCUT2D eigenvalue weighted by molar-refractivity contribution is 7.87. The first-order valence-electron chi connectivity index (χ1n) is 9.96. The van der Waals surface area contributed by atoms with Crippen LogP contribution in [0.1, 0.15) is 24.2 Å². The molecule has 1 unspecified atom stereocenters. The van der Waals surface area contributed by atoms with Crippen LogP contribution in [0, 0.1) is 5.92 Å². The molecule has 1 aliphatic heterocycles. The van der Waals surface area contributed by atoms with Crippen molar-refractivity contribution >= 4 is 38.8 Å². The molecule has 1 saturated carbocycles. The number of imidazole rings is 1. The molecular weight excluding hydrogens is 440 g/mol. The largest absolute Gasteiger partial charge is 0.480 e. The lowest BCUT2D eigenvalue weighted by Gasteiger charge is -2.29. The van der Waals surface area contributed by atoms with Crippen LogP contribution in [-0.4, -0.2) is 45.4 Å². The van der Waals surface area contributed by atoms with Crippen molar-refractivity contribution < 1.29 is 18.3 Å². The third-order valence-electron chi connectivity index (χ3n) is 6.43. The van der Waals surface area contributed by atoms with E-state index in [0.717, 1.165) is 11.1 Å². The smallest absolute Gasteiger partial charge is 0.325 e. The Kier molecular flexibility index (Phi) is 4.63. The van der Waals surface area contributed by atoms with E-state index in [1.807, 2.05) is 41.0 Å². The van der Waals surface area contributed by atoms with Crippen molar-refractivity contribution in [1.82, 2.24) is 18.6 Å². The summed E-state index contributed by atoms with van der Waals surface area (Å²) in [5.74, 6) is -1.38. The number of nitrogens with one attached hydrogen (secondary N) is 1. The molecular formula is C21H21ClN4O4S. The number of rotatable bonds is 5. The number of carboxylic acid groups (broad SMARTS) is 1. The minimum Gasteiger partial charge on any atom is -0.480 e. The summed E-state index contributed by atoms with van der Waals surface area (Å²) >= 11 is 6.05. The molecule has 2 heterocycles. The van der Waals surface area contributed by atoms with E-state index in [0.29, 0.717) is 22.9 Å². The van der Waals surface area contributed by atoms with Crippen molar-refractivity contribution in [2.24, 2.45) is 5.92 Å². The van der Waals surface area contributed by atoms with Crippen molar-refractivity contribution in [2.75, 3.05) is 6.54 Å². The van der Waals surface area contributed by atoms with Gasteiger partial charge >= 0.3 is 5.97 Å². The average Bonchev–Trinajstić information content (AvgIpc) is 3.15. The van der Waals surface area contributed by atoms with Crippen LogP contribution in [0.25, 0.3) is 11.0 Å². The van der Waals surface area contributed by atoms with E-state index in [4.69, 9.17) is 11.6 Å². The van der Waals surface area contributed by atoms with Gasteiger partial charge in [0.1, 0.15) is 11.4 Å². The van der Waals surface area contributed by atoms with Crippen molar-refractivity contribution in [3.05, 3.63) is 64.9 Å². The van der Waals surface area contributed by atoms with Gasteiger partial charge in [0.15, 0.2) is 0 Å². The van der Waals surface area contributed by atoms with Crippen molar-refractivity contribution in [2.45, 2.75) is 31.5 Å². The molecule has 1 aliphatic carbocycles. The van der Waals surface area contributed by atoms with Gasteiger partial charge in [0.05, 0.1) is 17.6 Å². The van der Waals surface area contributed by atoms with Gasteiger partial charge in [-0.2, -0.15) is 17.4 Å². The Bertz CT molecular complexity index is 1290. The molecule has 0 amide bonds. The topological polar surface area (TPSA) is 105 Å². The van der Waals surface area contributed by atoms with E-state index in [2.05, 4.69) is 9.71 Å². The van der Waals surface area contributed by atoms with Crippen LogP contribution in [0.5, 0.6) is 0 Å². The van der Waals surface area contributed by atoms with Crippen LogP contribution in [0.15, 0.2) is 48.5 Å². The van der Waals surface area contributed by atoms with Crippen LogP contribution in [0.2, 0.25) is 5.02 Å². The van der Waals surface area contributed by atoms with E-state index < -0.39 is 27.6 Å². The van der Waals surface area contributed by atoms with Crippen LogP contribution in [0.4, 0.5) is 0 Å². The predicted molar refractivity (Wildman–Crippen MR) is 116 cm³/mol. The van der Waals surface area contributed by atoms with Gasteiger partial charge in [-0.3, -0.25) is 4.79 Å². The fourth-order valence-electron chi connectivity index (χ4n) is 4.76. The molecule has 0 saturated heterocycles. The standard InChI is InChI=1S/C21H21ClN4O4S/c1-13-19(14-5-3-2-4-6-14)21(13,20(27)28)24-31(29,30)25-9-10-26-17-8-7-15(22)11-16(17)23-18(26)12-25/h2-8,11,13,19,24H,9-10,12H2,1H3,(H,27,28)/t13?,19-,21-/m0/s1. The number of aliphatic carboxylic acids is 1. The predicted octanol–water partition coefficient (Wildman–Crippen LogP) is 2.60. The molecule has 2 aromatic carbocycles. The molecule has 1 aromatic heterocycles. The van der Waals surface area contributed by atoms with Gasteiger partial charge in [-0.25, -0.2) is 4.98 Å². The van der Waals surface area contributed by atoms with Gasteiger partial charge in [0, 0.05) is 24.0 Å². The van der Waals surface area contributed by atoms with Crippen molar-refractivity contribution in [3.63, 3.8) is 0 Å². The normalized spacial score (nSPS) is 26.0. The summed E-state index contributed by atoms with van der Waals surface area (Å²) in [6.45, 7) is 2.46. The molecule has 5 rings (SSSR count). The van der Waals surface area contributed by atoms with E-state index >= 15 is 0 Å². The summed E-state index contributed by atoms with van der Waals surface area (Å²) in [7, 11) is -4.06. The number of nitrogens with zero attached hydrogens (tertiary/aromatic N) is 3. The van der Waals surface area contributed by atoms with E-state index in [1.165, 1.54) is 4.31 Å². The van der Waals surface area contributed by atoms with Gasteiger partial charge in [-0.1, -0.05) is 48.9 Å².